The SMILES string of the molecule is C=CCC[CH]OC(C)=O. The third kappa shape index (κ3) is 7.21. The van der Waals surface area contributed by atoms with Crippen molar-refractivity contribution in [3.05, 3.63) is 19.3 Å². The normalized spacial score (nSPS) is 8.56. The van der Waals surface area contributed by atoms with Gasteiger partial charge in [0.15, 0.2) is 0 Å². The summed E-state index contributed by atoms with van der Waals surface area (Å²) in [6, 6.07) is 0. The first-order valence-corrected chi connectivity index (χ1v) is 2.87. The van der Waals surface area contributed by atoms with Gasteiger partial charge < -0.3 is 4.74 Å². The topological polar surface area (TPSA) is 26.3 Å². The number of ether oxygens (including phenoxy) is 1. The molecule has 1 radical (unpaired) electrons. The van der Waals surface area contributed by atoms with Crippen molar-refractivity contribution in [3.63, 3.8) is 0 Å². The van der Waals surface area contributed by atoms with E-state index in [0.717, 1.165) is 12.8 Å². The molecule has 0 bridgehead atoms. The molecule has 0 fully saturated rings. The fourth-order valence-electron chi connectivity index (χ4n) is 0.362. The summed E-state index contributed by atoms with van der Waals surface area (Å²) in [7, 11) is 0. The smallest absolute Gasteiger partial charge is 0.303 e. The van der Waals surface area contributed by atoms with Gasteiger partial charge in [0.2, 0.25) is 0 Å². The van der Waals surface area contributed by atoms with E-state index in [2.05, 4.69) is 11.3 Å². The molecule has 0 aliphatic rings. The molecule has 0 N–H and O–H groups in total. The van der Waals surface area contributed by atoms with Gasteiger partial charge in [-0.2, -0.15) is 0 Å². The third-order valence-electron chi connectivity index (χ3n) is 0.738. The van der Waals surface area contributed by atoms with E-state index in [1.54, 1.807) is 6.08 Å². The monoisotopic (exact) mass is 127 g/mol. The predicted molar refractivity (Wildman–Crippen MR) is 35.5 cm³/mol. The first-order chi connectivity index (χ1) is 4.27. The first kappa shape index (κ1) is 8.21. The molecule has 0 aliphatic heterocycles. The molecule has 0 saturated heterocycles. The zero-order valence-electron chi connectivity index (χ0n) is 5.59. The van der Waals surface area contributed by atoms with Crippen molar-refractivity contribution in [1.82, 2.24) is 0 Å². The van der Waals surface area contributed by atoms with Crippen LogP contribution in [0.4, 0.5) is 0 Å². The second kappa shape index (κ2) is 5.35. The molecule has 0 aliphatic carbocycles. The number of unbranched alkanes of at least 4 members (excludes halogenated alkanes) is 1. The molecule has 51 valence electrons. The number of rotatable bonds is 4. The summed E-state index contributed by atoms with van der Waals surface area (Å²) in [4.78, 5) is 10.1. The highest BCUT2D eigenvalue weighted by Gasteiger charge is 1.90. The Bertz CT molecular complexity index is 97.1. The maximum atomic E-state index is 10.1. The molecule has 0 spiro atoms. The van der Waals surface area contributed by atoms with Crippen LogP contribution in [-0.2, 0) is 9.53 Å². The van der Waals surface area contributed by atoms with Crippen LogP contribution in [0, 0.1) is 6.61 Å². The van der Waals surface area contributed by atoms with E-state index in [0.29, 0.717) is 0 Å². The van der Waals surface area contributed by atoms with Crippen molar-refractivity contribution >= 4 is 5.97 Å². The zero-order valence-corrected chi connectivity index (χ0v) is 5.59. The van der Waals surface area contributed by atoms with Gasteiger partial charge in [0, 0.05) is 6.92 Å². The molecule has 0 rings (SSSR count). The van der Waals surface area contributed by atoms with E-state index in [1.165, 1.54) is 13.5 Å². The lowest BCUT2D eigenvalue weighted by Gasteiger charge is -1.95. The summed E-state index contributed by atoms with van der Waals surface area (Å²) in [5.41, 5.74) is 0. The van der Waals surface area contributed by atoms with E-state index in [4.69, 9.17) is 0 Å². The predicted octanol–water partition coefficient (Wildman–Crippen LogP) is 1.68. The lowest BCUT2D eigenvalue weighted by molar-refractivity contribution is -0.137. The number of allylic oxidation sites excluding steroid dienone is 1. The van der Waals surface area contributed by atoms with Gasteiger partial charge in [-0.15, -0.1) is 6.58 Å². The van der Waals surface area contributed by atoms with Crippen molar-refractivity contribution < 1.29 is 9.53 Å². The lowest BCUT2D eigenvalue weighted by atomic mass is 10.3. The Kier molecular flexibility index (Phi) is 4.88. The van der Waals surface area contributed by atoms with E-state index in [-0.39, 0.29) is 5.97 Å². The number of hydrogen-bond acceptors (Lipinski definition) is 2. The van der Waals surface area contributed by atoms with Crippen LogP contribution < -0.4 is 0 Å². The molecule has 0 aromatic carbocycles. The first-order valence-electron chi connectivity index (χ1n) is 2.87. The largest absolute Gasteiger partial charge is 0.459 e. The number of carbonyl (C=O) groups is 1. The van der Waals surface area contributed by atoms with Crippen molar-refractivity contribution in [1.29, 1.82) is 0 Å². The standard InChI is InChI=1S/C7H11O2/c1-3-4-5-6-9-7(2)8/h3,6H,1,4-5H2,2H3. The van der Waals surface area contributed by atoms with Gasteiger partial charge in [-0.1, -0.05) is 6.08 Å². The van der Waals surface area contributed by atoms with Gasteiger partial charge in [-0.25, -0.2) is 0 Å². The minimum atomic E-state index is -0.265. The van der Waals surface area contributed by atoms with Crippen molar-refractivity contribution in [2.45, 2.75) is 19.8 Å². The number of hydrogen-bond donors (Lipinski definition) is 0. The molecular formula is C7H11O2. The molecule has 0 atom stereocenters. The van der Waals surface area contributed by atoms with Crippen LogP contribution in [0.5, 0.6) is 0 Å². The average molecular weight is 127 g/mol. The number of esters is 1. The Balaban J connectivity index is 2.91. The Morgan fingerprint density at radius 1 is 1.67 bits per heavy atom. The van der Waals surface area contributed by atoms with Crippen molar-refractivity contribution in [2.75, 3.05) is 0 Å². The maximum Gasteiger partial charge on any atom is 0.303 e. The van der Waals surface area contributed by atoms with Gasteiger partial charge in [0.05, 0.1) is 0 Å². The van der Waals surface area contributed by atoms with E-state index in [1.807, 2.05) is 0 Å². The van der Waals surface area contributed by atoms with E-state index >= 15 is 0 Å². The molecule has 0 aromatic heterocycles. The average Bonchev–Trinajstić information content (AvgIpc) is 1.80. The summed E-state index contributed by atoms with van der Waals surface area (Å²) >= 11 is 0. The zero-order chi connectivity index (χ0) is 7.11. The summed E-state index contributed by atoms with van der Waals surface area (Å²) in [6.45, 7) is 6.39. The minimum Gasteiger partial charge on any atom is -0.459 e. The summed E-state index contributed by atoms with van der Waals surface area (Å²) in [6.07, 6.45) is 3.39. The Labute approximate surface area is 55.5 Å². The molecule has 0 unspecified atom stereocenters. The fraction of sp³-hybridized carbons (Fsp3) is 0.429. The molecular weight excluding hydrogens is 116 g/mol. The maximum absolute atomic E-state index is 10.1. The van der Waals surface area contributed by atoms with Crippen LogP contribution >= 0.6 is 0 Å². The van der Waals surface area contributed by atoms with Crippen LogP contribution in [0.15, 0.2) is 12.7 Å². The highest BCUT2D eigenvalue weighted by atomic mass is 16.5. The third-order valence-corrected chi connectivity index (χ3v) is 0.738. The Hall–Kier alpha value is -0.790. The highest BCUT2D eigenvalue weighted by Crippen LogP contribution is 1.95. The molecule has 0 amide bonds. The van der Waals surface area contributed by atoms with Crippen LogP contribution in [0.1, 0.15) is 19.8 Å². The minimum absolute atomic E-state index is 0.265. The molecule has 2 nitrogen and oxygen atoms in total. The van der Waals surface area contributed by atoms with Crippen LogP contribution in [0.2, 0.25) is 0 Å². The van der Waals surface area contributed by atoms with Gasteiger partial charge in [0.25, 0.3) is 0 Å². The molecule has 2 heteroatoms. The second-order valence-corrected chi connectivity index (χ2v) is 1.64. The highest BCUT2D eigenvalue weighted by molar-refractivity contribution is 5.66. The molecule has 0 heterocycles. The van der Waals surface area contributed by atoms with Gasteiger partial charge in [-0.3, -0.25) is 4.79 Å². The lowest BCUT2D eigenvalue weighted by Crippen LogP contribution is -1.94. The number of carbonyl (C=O) groups excluding carboxylic acids is 1. The van der Waals surface area contributed by atoms with Crippen molar-refractivity contribution in [2.24, 2.45) is 0 Å². The van der Waals surface area contributed by atoms with Crippen LogP contribution in [0.25, 0.3) is 0 Å². The Morgan fingerprint density at radius 2 is 2.33 bits per heavy atom. The van der Waals surface area contributed by atoms with E-state index in [9.17, 15) is 4.79 Å². The molecule has 0 aromatic rings. The molecule has 0 saturated carbocycles. The van der Waals surface area contributed by atoms with Crippen molar-refractivity contribution in [3.8, 4) is 0 Å². The quantitative estimate of drug-likeness (QED) is 0.326. The summed E-state index contributed by atoms with van der Waals surface area (Å²) < 4.78 is 4.53. The van der Waals surface area contributed by atoms with Gasteiger partial charge >= 0.3 is 5.97 Å². The second-order valence-electron chi connectivity index (χ2n) is 1.64. The van der Waals surface area contributed by atoms with E-state index < -0.39 is 0 Å². The Morgan fingerprint density at radius 3 is 2.78 bits per heavy atom. The summed E-state index contributed by atoms with van der Waals surface area (Å²) in [5.74, 6) is -0.265. The van der Waals surface area contributed by atoms with Gasteiger partial charge in [-0.05, 0) is 12.8 Å². The van der Waals surface area contributed by atoms with Gasteiger partial charge in [0.1, 0.15) is 6.61 Å². The molecule has 9 heavy (non-hydrogen) atoms. The van der Waals surface area contributed by atoms with Crippen LogP contribution in [0.3, 0.4) is 0 Å². The van der Waals surface area contributed by atoms with Crippen LogP contribution in [-0.4, -0.2) is 5.97 Å². The summed E-state index contributed by atoms with van der Waals surface area (Å²) in [5, 5.41) is 0. The fourth-order valence-corrected chi connectivity index (χ4v) is 0.362.